The van der Waals surface area contributed by atoms with Gasteiger partial charge < -0.3 is 25.3 Å². The van der Waals surface area contributed by atoms with Gasteiger partial charge in [0.25, 0.3) is 0 Å². The zero-order valence-corrected chi connectivity index (χ0v) is 8.76. The van der Waals surface area contributed by atoms with Gasteiger partial charge in [-0.2, -0.15) is 0 Å². The van der Waals surface area contributed by atoms with Crippen molar-refractivity contribution in [2.75, 3.05) is 6.16 Å². The van der Waals surface area contributed by atoms with Gasteiger partial charge in [-0.15, -0.1) is 0 Å². The summed E-state index contributed by atoms with van der Waals surface area (Å²) >= 11 is 0. The Morgan fingerprint density at radius 1 is 1.00 bits per heavy atom. The summed E-state index contributed by atoms with van der Waals surface area (Å²) in [5.41, 5.74) is 0. The molecular formula is C6H14NNa4O8P. The minimum atomic E-state index is -4.59. The maximum atomic E-state index is 10.9. The predicted molar refractivity (Wildman–Crippen MR) is 77.3 cm³/mol. The van der Waals surface area contributed by atoms with E-state index in [0.29, 0.717) is 0 Å². The van der Waals surface area contributed by atoms with Crippen LogP contribution in [-0.2, 0) is 18.9 Å². The van der Waals surface area contributed by atoms with Gasteiger partial charge in [0.2, 0.25) is 5.91 Å². The van der Waals surface area contributed by atoms with Gasteiger partial charge >= 0.3 is 138 Å². The molecule has 100 valence electrons. The van der Waals surface area contributed by atoms with E-state index in [1.807, 2.05) is 0 Å². The zero-order valence-electron chi connectivity index (χ0n) is 7.86. The Balaban J connectivity index is -0.000000187. The van der Waals surface area contributed by atoms with Crippen LogP contribution in [0.15, 0.2) is 0 Å². The Labute approximate surface area is 203 Å². The molecule has 1 amide bonds. The van der Waals surface area contributed by atoms with Gasteiger partial charge in [0, 0.05) is 0 Å². The van der Waals surface area contributed by atoms with E-state index in [4.69, 9.17) is 20.0 Å². The zero-order chi connectivity index (χ0) is 12.9. The average molecular weight is 351 g/mol. The first-order chi connectivity index (χ1) is 7.11. The first-order valence-corrected chi connectivity index (χ1v) is 5.70. The third kappa shape index (κ3) is 20.6. The number of aliphatic carboxylic acids is 2. The van der Waals surface area contributed by atoms with Crippen LogP contribution in [0.2, 0.25) is 0 Å². The molecule has 0 aromatic rings. The molecule has 0 fully saturated rings. The fraction of sp³-hybridized carbons (Fsp3) is 0.500. The number of hydrogen-bond donors (Lipinski definition) is 5. The van der Waals surface area contributed by atoms with Crippen molar-refractivity contribution in [1.29, 1.82) is 0 Å². The van der Waals surface area contributed by atoms with Crippen LogP contribution in [0.3, 0.4) is 0 Å². The van der Waals surface area contributed by atoms with E-state index < -0.39 is 44.1 Å². The molecule has 0 radical (unpaired) electrons. The second-order valence-corrected chi connectivity index (χ2v) is 4.52. The summed E-state index contributed by atoms with van der Waals surface area (Å²) in [6, 6.07) is -1.71. The molecule has 20 heavy (non-hydrogen) atoms. The number of rotatable bonds is 6. The Kier molecular flexibility index (Phi) is 27.9. The second-order valence-electron chi connectivity index (χ2n) is 2.88. The van der Waals surface area contributed by atoms with Crippen molar-refractivity contribution in [2.24, 2.45) is 0 Å². The van der Waals surface area contributed by atoms with Crippen LogP contribution in [-0.4, -0.2) is 168 Å². The van der Waals surface area contributed by atoms with Crippen LogP contribution in [0.1, 0.15) is 6.42 Å². The summed E-state index contributed by atoms with van der Waals surface area (Å²) in [6.07, 6.45) is -2.06. The Hall–Kier alpha value is 2.56. The fourth-order valence-electron chi connectivity index (χ4n) is 0.802. The van der Waals surface area contributed by atoms with Gasteiger partial charge in [-0.3, -0.25) is 14.2 Å². The molecule has 1 atom stereocenters. The predicted octanol–water partition coefficient (Wildman–Crippen LogP) is -4.39. The molecule has 0 bridgehead atoms. The van der Waals surface area contributed by atoms with Crippen LogP contribution in [0, 0.1) is 0 Å². The molecule has 0 unspecified atom stereocenters. The molecule has 0 saturated carbocycles. The van der Waals surface area contributed by atoms with Gasteiger partial charge in [-0.05, 0) is 0 Å². The molecule has 0 aliphatic carbocycles. The van der Waals surface area contributed by atoms with Gasteiger partial charge in [-0.1, -0.05) is 0 Å². The van der Waals surface area contributed by atoms with Crippen LogP contribution in [0.25, 0.3) is 0 Å². The summed E-state index contributed by atoms with van der Waals surface area (Å²) in [6.45, 7) is 0. The van der Waals surface area contributed by atoms with Crippen LogP contribution < -0.4 is 5.32 Å². The molecule has 0 spiro atoms. The molecule has 0 aromatic carbocycles. The van der Waals surface area contributed by atoms with Gasteiger partial charge in [0.05, 0.1) is 6.42 Å². The topological polar surface area (TPSA) is 161 Å². The normalized spacial score (nSPS) is 10.3. The second kappa shape index (κ2) is 16.4. The molecule has 5 N–H and O–H groups in total. The molecule has 0 aliphatic heterocycles. The van der Waals surface area contributed by atoms with Crippen molar-refractivity contribution in [3.63, 3.8) is 0 Å². The third-order valence-corrected chi connectivity index (χ3v) is 2.06. The van der Waals surface area contributed by atoms with E-state index in [0.717, 1.165) is 0 Å². The number of carbonyl (C=O) groups excluding carboxylic acids is 1. The monoisotopic (exact) mass is 351 g/mol. The molecule has 14 heteroatoms. The van der Waals surface area contributed by atoms with Crippen LogP contribution >= 0.6 is 7.60 Å². The summed E-state index contributed by atoms with van der Waals surface area (Å²) in [5, 5.41) is 18.5. The maximum absolute atomic E-state index is 10.9. The van der Waals surface area contributed by atoms with Gasteiger partial charge in [-0.25, -0.2) is 4.79 Å². The molecule has 0 rings (SSSR count). The van der Waals surface area contributed by atoms with E-state index in [9.17, 15) is 18.9 Å². The summed E-state index contributed by atoms with van der Waals surface area (Å²) in [4.78, 5) is 48.4. The number of amides is 1. The Morgan fingerprint density at radius 2 is 1.40 bits per heavy atom. The number of hydrogen-bond acceptors (Lipinski definition) is 4. The van der Waals surface area contributed by atoms with Crippen LogP contribution in [0.4, 0.5) is 0 Å². The summed E-state index contributed by atoms with van der Waals surface area (Å²) in [7, 11) is -4.59. The van der Waals surface area contributed by atoms with Crippen molar-refractivity contribution in [1.82, 2.24) is 5.32 Å². The minimum absolute atomic E-state index is 0. The summed E-state index contributed by atoms with van der Waals surface area (Å²) < 4.78 is 10.4. The number of carboxylic acid groups (broad SMARTS) is 2. The standard InChI is InChI=1S/C6H10NO8P.4Na.4H/c8-4(2-16(13,14)15)7-3(6(11)12)1-5(9)10;;;;;;;;/h3H,1-2H2,(H,7,8)(H,9,10)(H,11,12)(H2,13,14,15);;;;;;;;/t3-;;;;;;;;/m0......../s1. The third-order valence-electron chi connectivity index (χ3n) is 1.36. The summed E-state index contributed by atoms with van der Waals surface area (Å²) in [5.74, 6) is -4.27. The van der Waals surface area contributed by atoms with E-state index in [1.165, 1.54) is 0 Å². The Bertz CT molecular complexity index is 361. The van der Waals surface area contributed by atoms with Crippen molar-refractivity contribution < 1.29 is 38.9 Å². The number of carboxylic acids is 2. The average Bonchev–Trinajstić information content (AvgIpc) is 1.97. The van der Waals surface area contributed by atoms with E-state index in [-0.39, 0.29) is 118 Å². The SMILES string of the molecule is O=C(O)C[C@H](NC(=O)CP(=O)(O)O)C(=O)O.[NaH].[NaH].[NaH].[NaH]. The molecule has 0 heterocycles. The van der Waals surface area contributed by atoms with Gasteiger partial charge in [0.1, 0.15) is 12.2 Å². The molecule has 9 nitrogen and oxygen atoms in total. The number of nitrogens with one attached hydrogen (secondary N) is 1. The van der Waals surface area contributed by atoms with E-state index in [1.54, 1.807) is 5.32 Å². The Morgan fingerprint density at radius 3 is 1.65 bits per heavy atom. The first-order valence-electron chi connectivity index (χ1n) is 3.90. The van der Waals surface area contributed by atoms with Crippen molar-refractivity contribution in [3.05, 3.63) is 0 Å². The fourth-order valence-corrected chi connectivity index (χ4v) is 1.27. The van der Waals surface area contributed by atoms with Crippen molar-refractivity contribution in [3.8, 4) is 0 Å². The van der Waals surface area contributed by atoms with Crippen molar-refractivity contribution in [2.45, 2.75) is 12.5 Å². The van der Waals surface area contributed by atoms with Crippen LogP contribution in [0.5, 0.6) is 0 Å². The molecular weight excluding hydrogens is 337 g/mol. The molecule has 0 aliphatic rings. The molecule has 0 aromatic heterocycles. The van der Waals surface area contributed by atoms with Crippen molar-refractivity contribution >= 4 is 144 Å². The van der Waals surface area contributed by atoms with E-state index >= 15 is 0 Å². The van der Waals surface area contributed by atoms with Gasteiger partial charge in [0.15, 0.2) is 0 Å². The first kappa shape index (κ1) is 34.0. The van der Waals surface area contributed by atoms with E-state index in [2.05, 4.69) is 0 Å². The number of carbonyl (C=O) groups is 3. The quantitative estimate of drug-likeness (QED) is 0.237. The molecule has 0 saturated heterocycles.